The van der Waals surface area contributed by atoms with Crippen LogP contribution in [0.1, 0.15) is 20.8 Å². The van der Waals surface area contributed by atoms with Crippen LogP contribution in [0.3, 0.4) is 0 Å². The zero-order chi connectivity index (χ0) is 25.7. The van der Waals surface area contributed by atoms with Crippen LogP contribution in [0, 0.1) is 0 Å². The molecule has 0 bridgehead atoms. The summed E-state index contributed by atoms with van der Waals surface area (Å²) in [5, 5.41) is 2.26. The minimum atomic E-state index is -4.73. The van der Waals surface area contributed by atoms with Gasteiger partial charge >= 0.3 is 12.1 Å². The molecular weight excluding hydrogens is 529 g/mol. The summed E-state index contributed by atoms with van der Waals surface area (Å²) < 4.78 is 44.7. The molecule has 2 heterocycles. The number of benzene rings is 2. The highest BCUT2D eigenvalue weighted by Gasteiger charge is 2.31. The highest BCUT2D eigenvalue weighted by Crippen LogP contribution is 2.32. The van der Waals surface area contributed by atoms with Gasteiger partial charge in [0, 0.05) is 20.2 Å². The molecule has 4 aromatic rings. The number of nitrogens with two attached hydrogens (primary N) is 1. The Morgan fingerprint density at radius 3 is 2.36 bits per heavy atom. The van der Waals surface area contributed by atoms with Crippen molar-refractivity contribution in [2.45, 2.75) is 12.8 Å². The highest BCUT2D eigenvalue weighted by atomic mass is 35.5. The number of alkyl halides is 3. The van der Waals surface area contributed by atoms with E-state index in [0.29, 0.717) is 5.56 Å². The minimum Gasteiger partial charge on any atom is -0.456 e. The fraction of sp³-hybridized carbons (Fsp3) is 0.0769. The maximum Gasteiger partial charge on any atom is 0.430 e. The zero-order valence-electron chi connectivity index (χ0n) is 18.5. The van der Waals surface area contributed by atoms with Gasteiger partial charge in [-0.15, -0.1) is 22.7 Å². The summed E-state index contributed by atoms with van der Waals surface area (Å²) in [6.45, 7) is 0.112. The second-order valence-electron chi connectivity index (χ2n) is 7.44. The third-order valence-corrected chi connectivity index (χ3v) is 7.34. The Balaban J connectivity index is 1.51. The fourth-order valence-corrected chi connectivity index (χ4v) is 5.02. The maximum absolute atomic E-state index is 13.1. The Morgan fingerprint density at radius 2 is 1.69 bits per heavy atom. The van der Waals surface area contributed by atoms with Crippen LogP contribution in [0.25, 0.3) is 9.75 Å². The van der Waals surface area contributed by atoms with Gasteiger partial charge in [0.05, 0.1) is 22.0 Å². The molecule has 184 valence electrons. The minimum absolute atomic E-state index is 0.0578. The molecule has 2 aromatic heterocycles. The van der Waals surface area contributed by atoms with E-state index >= 15 is 0 Å². The molecule has 0 radical (unpaired) electrons. The number of ether oxygens (including phenoxy) is 1. The van der Waals surface area contributed by atoms with Gasteiger partial charge in [-0.05, 0) is 53.9 Å². The summed E-state index contributed by atoms with van der Waals surface area (Å²) in [4.78, 5) is 19.9. The summed E-state index contributed by atoms with van der Waals surface area (Å²) in [6.07, 6.45) is -3.99. The third kappa shape index (κ3) is 6.42. The van der Waals surface area contributed by atoms with Crippen molar-refractivity contribution in [1.82, 2.24) is 0 Å². The molecule has 0 unspecified atom stereocenters. The van der Waals surface area contributed by atoms with E-state index in [1.807, 2.05) is 29.6 Å². The van der Waals surface area contributed by atoms with Gasteiger partial charge in [-0.25, -0.2) is 9.79 Å². The molecule has 0 saturated heterocycles. The Hall–Kier alpha value is -3.40. The molecule has 10 heteroatoms. The van der Waals surface area contributed by atoms with Crippen LogP contribution in [-0.2, 0) is 11.3 Å². The first-order valence-corrected chi connectivity index (χ1v) is 12.6. The number of halogens is 4. The van der Waals surface area contributed by atoms with Crippen molar-refractivity contribution in [3.05, 3.63) is 111 Å². The van der Waals surface area contributed by atoms with Crippen LogP contribution >= 0.6 is 34.3 Å². The van der Waals surface area contributed by atoms with Gasteiger partial charge in [0.2, 0.25) is 0 Å². The molecule has 0 saturated carbocycles. The molecule has 0 aliphatic carbocycles. The molecule has 2 N–H and O–H groups in total. The molecule has 0 spiro atoms. The molecule has 36 heavy (non-hydrogen) atoms. The average molecular weight is 547 g/mol. The van der Waals surface area contributed by atoms with E-state index in [1.54, 1.807) is 46.9 Å². The number of hydrogen-bond acceptors (Lipinski definition) is 6. The number of nitrogens with zero attached hydrogens (tertiary/aromatic N) is 1. The van der Waals surface area contributed by atoms with E-state index in [4.69, 9.17) is 22.1 Å². The number of rotatable bonds is 7. The van der Waals surface area contributed by atoms with Crippen LogP contribution in [0.15, 0.2) is 94.9 Å². The topological polar surface area (TPSA) is 64.7 Å². The van der Waals surface area contributed by atoms with Crippen molar-refractivity contribution in [2.24, 2.45) is 10.7 Å². The highest BCUT2D eigenvalue weighted by molar-refractivity contribution is 7.21. The first-order chi connectivity index (χ1) is 17.2. The molecule has 0 atom stereocenters. The summed E-state index contributed by atoms with van der Waals surface area (Å²) in [7, 11) is 0. The van der Waals surface area contributed by atoms with Gasteiger partial charge in [-0.2, -0.15) is 13.2 Å². The summed E-state index contributed by atoms with van der Waals surface area (Å²) in [6, 6.07) is 20.3. The van der Waals surface area contributed by atoms with E-state index < -0.39 is 17.8 Å². The second kappa shape index (κ2) is 11.1. The van der Waals surface area contributed by atoms with Crippen molar-refractivity contribution in [1.29, 1.82) is 0 Å². The van der Waals surface area contributed by atoms with E-state index in [9.17, 15) is 18.0 Å². The molecule has 0 aliphatic rings. The Bertz CT molecular complexity index is 1410. The molecule has 4 nitrogen and oxygen atoms in total. The van der Waals surface area contributed by atoms with Gasteiger partial charge in [0.15, 0.2) is 0 Å². The largest absolute Gasteiger partial charge is 0.456 e. The summed E-state index contributed by atoms with van der Waals surface area (Å²) >= 11 is 9.30. The van der Waals surface area contributed by atoms with Gasteiger partial charge in [-0.1, -0.05) is 41.9 Å². The lowest BCUT2D eigenvalue weighted by Gasteiger charge is -2.10. The van der Waals surface area contributed by atoms with Crippen LogP contribution in [0.4, 0.5) is 18.9 Å². The van der Waals surface area contributed by atoms with Crippen molar-refractivity contribution in [3.8, 4) is 9.75 Å². The van der Waals surface area contributed by atoms with Crippen LogP contribution in [-0.4, -0.2) is 17.9 Å². The zero-order valence-corrected chi connectivity index (χ0v) is 20.8. The van der Waals surface area contributed by atoms with E-state index in [1.165, 1.54) is 24.3 Å². The van der Waals surface area contributed by atoms with Crippen molar-refractivity contribution >= 4 is 51.6 Å². The number of carbonyl (C=O) groups excluding carboxylic acids is 1. The predicted molar refractivity (Wildman–Crippen MR) is 139 cm³/mol. The smallest absolute Gasteiger partial charge is 0.430 e. The Morgan fingerprint density at radius 1 is 0.972 bits per heavy atom. The SMILES string of the molecule is N/C(=C\C(=Nc1ccccc1Cl)c1ccc(C(=O)OCc2ccc(-c3cccs3)s2)cc1)C(F)(F)F. The lowest BCUT2D eigenvalue weighted by atomic mass is 10.1. The van der Waals surface area contributed by atoms with Gasteiger partial charge in [0.25, 0.3) is 0 Å². The molecule has 2 aromatic carbocycles. The van der Waals surface area contributed by atoms with Crippen molar-refractivity contribution < 1.29 is 22.7 Å². The molecular formula is C26H18ClF3N2O2S2. The van der Waals surface area contributed by atoms with E-state index in [2.05, 4.69) is 4.99 Å². The predicted octanol–water partition coefficient (Wildman–Crippen LogP) is 8.01. The second-order valence-corrected chi connectivity index (χ2v) is 9.97. The summed E-state index contributed by atoms with van der Waals surface area (Å²) in [5.74, 6) is -0.553. The molecule has 4 rings (SSSR count). The number of para-hydroxylation sites is 1. The van der Waals surface area contributed by atoms with Crippen LogP contribution in [0.5, 0.6) is 0 Å². The van der Waals surface area contributed by atoms with E-state index in [0.717, 1.165) is 20.7 Å². The van der Waals surface area contributed by atoms with E-state index in [-0.39, 0.29) is 28.6 Å². The lowest BCUT2D eigenvalue weighted by Crippen LogP contribution is -2.21. The first-order valence-electron chi connectivity index (χ1n) is 10.5. The van der Waals surface area contributed by atoms with Gasteiger partial charge in [-0.3, -0.25) is 0 Å². The number of carbonyl (C=O) groups is 1. The lowest BCUT2D eigenvalue weighted by molar-refractivity contribution is -0.0925. The standard InChI is InChI=1S/C26H18ClF3N2O2S2/c27-19-4-1-2-5-20(19)32-21(14-24(31)26(28,29)30)16-7-9-17(10-8-16)25(33)34-15-18-11-12-23(36-18)22-6-3-13-35-22/h1-14H,15,31H2/b24-14-,32-21?. The third-order valence-electron chi connectivity index (χ3n) is 4.90. The first kappa shape index (κ1) is 25.7. The van der Waals surface area contributed by atoms with Gasteiger partial charge in [0.1, 0.15) is 12.3 Å². The number of aliphatic imine (C=N–C) groups is 1. The average Bonchev–Trinajstić information content (AvgIpc) is 3.55. The van der Waals surface area contributed by atoms with Crippen LogP contribution in [0.2, 0.25) is 5.02 Å². The maximum atomic E-state index is 13.1. The van der Waals surface area contributed by atoms with Crippen molar-refractivity contribution in [3.63, 3.8) is 0 Å². The fourth-order valence-electron chi connectivity index (χ4n) is 3.09. The quantitative estimate of drug-likeness (QED) is 0.188. The molecule has 0 aliphatic heterocycles. The molecule has 0 fully saturated rings. The number of allylic oxidation sites excluding steroid dienone is 2. The monoisotopic (exact) mass is 546 g/mol. The Kier molecular flexibility index (Phi) is 7.93. The van der Waals surface area contributed by atoms with Gasteiger partial charge < -0.3 is 10.5 Å². The normalized spacial score (nSPS) is 12.6. The molecule has 0 amide bonds. The number of hydrogen-bond donors (Lipinski definition) is 1. The number of esters is 1. The van der Waals surface area contributed by atoms with Crippen molar-refractivity contribution in [2.75, 3.05) is 0 Å². The summed E-state index contributed by atoms with van der Waals surface area (Å²) in [5.41, 5.74) is 4.71. The Labute approximate surface area is 218 Å². The number of thiophene rings is 2. The van der Waals surface area contributed by atoms with Crippen LogP contribution < -0.4 is 5.73 Å².